The Labute approximate surface area is 113 Å². The molecule has 1 rings (SSSR count). The number of para-hydroxylation sites is 1. The SMILES string of the molecule is CCCS(=O)(=O)NCC#CCOc1ccccc1F. The van der Waals surface area contributed by atoms with Crippen LogP contribution in [0.1, 0.15) is 13.3 Å². The van der Waals surface area contributed by atoms with E-state index >= 15 is 0 Å². The standard InChI is InChI=1S/C13H16FNO3S/c1-2-11-19(16,17)15-9-5-6-10-18-13-8-4-3-7-12(13)14/h3-4,7-8,15H,2,9-11H2,1H3. The number of rotatable bonds is 6. The van der Waals surface area contributed by atoms with E-state index in [2.05, 4.69) is 16.6 Å². The summed E-state index contributed by atoms with van der Waals surface area (Å²) >= 11 is 0. The van der Waals surface area contributed by atoms with Crippen LogP contribution in [0.15, 0.2) is 24.3 Å². The first kappa shape index (κ1) is 15.5. The lowest BCUT2D eigenvalue weighted by molar-refractivity contribution is 0.348. The molecule has 0 radical (unpaired) electrons. The second-order valence-corrected chi connectivity index (χ2v) is 5.64. The van der Waals surface area contributed by atoms with Gasteiger partial charge in [0.25, 0.3) is 0 Å². The van der Waals surface area contributed by atoms with Crippen molar-refractivity contribution in [3.05, 3.63) is 30.1 Å². The first-order chi connectivity index (χ1) is 9.05. The van der Waals surface area contributed by atoms with E-state index in [1.807, 2.05) is 0 Å². The molecule has 0 bridgehead atoms. The predicted octanol–water partition coefficient (Wildman–Crippen LogP) is 1.54. The van der Waals surface area contributed by atoms with E-state index < -0.39 is 15.8 Å². The minimum absolute atomic E-state index is 0.0104. The van der Waals surface area contributed by atoms with E-state index in [0.29, 0.717) is 6.42 Å². The molecule has 104 valence electrons. The molecular weight excluding hydrogens is 269 g/mol. The van der Waals surface area contributed by atoms with Crippen molar-refractivity contribution in [3.63, 3.8) is 0 Å². The van der Waals surface area contributed by atoms with Crippen LogP contribution in [0.5, 0.6) is 5.75 Å². The molecule has 0 amide bonds. The van der Waals surface area contributed by atoms with Gasteiger partial charge >= 0.3 is 0 Å². The van der Waals surface area contributed by atoms with Crippen molar-refractivity contribution in [2.75, 3.05) is 18.9 Å². The number of halogens is 1. The van der Waals surface area contributed by atoms with Crippen LogP contribution in [0.4, 0.5) is 4.39 Å². The van der Waals surface area contributed by atoms with Gasteiger partial charge in [0.15, 0.2) is 11.6 Å². The maximum atomic E-state index is 13.1. The van der Waals surface area contributed by atoms with Gasteiger partial charge in [-0.2, -0.15) is 0 Å². The molecule has 0 aliphatic heterocycles. The lowest BCUT2D eigenvalue weighted by atomic mass is 10.3. The number of ether oxygens (including phenoxy) is 1. The molecule has 0 aliphatic carbocycles. The summed E-state index contributed by atoms with van der Waals surface area (Å²) in [5.74, 6) is 4.97. The molecule has 4 nitrogen and oxygen atoms in total. The van der Waals surface area contributed by atoms with E-state index in [-0.39, 0.29) is 24.7 Å². The van der Waals surface area contributed by atoms with E-state index in [1.54, 1.807) is 19.1 Å². The third-order valence-corrected chi connectivity index (χ3v) is 3.64. The second kappa shape index (κ2) is 7.77. The number of hydrogen-bond donors (Lipinski definition) is 1. The zero-order valence-electron chi connectivity index (χ0n) is 10.6. The highest BCUT2D eigenvalue weighted by molar-refractivity contribution is 7.89. The summed E-state index contributed by atoms with van der Waals surface area (Å²) in [7, 11) is -3.23. The predicted molar refractivity (Wildman–Crippen MR) is 71.8 cm³/mol. The number of sulfonamides is 1. The second-order valence-electron chi connectivity index (χ2n) is 3.71. The summed E-state index contributed by atoms with van der Waals surface area (Å²) in [6.07, 6.45) is 0.555. The van der Waals surface area contributed by atoms with Crippen LogP contribution in [-0.2, 0) is 10.0 Å². The van der Waals surface area contributed by atoms with Crippen molar-refractivity contribution in [2.24, 2.45) is 0 Å². The number of hydrogen-bond acceptors (Lipinski definition) is 3. The molecule has 1 aromatic rings. The van der Waals surface area contributed by atoms with Gasteiger partial charge in [0.2, 0.25) is 10.0 Å². The summed E-state index contributed by atoms with van der Waals surface area (Å²) < 4.78 is 43.1. The van der Waals surface area contributed by atoms with Crippen LogP contribution in [0.3, 0.4) is 0 Å². The third kappa shape index (κ3) is 6.22. The Hall–Kier alpha value is -1.58. The third-order valence-electron chi connectivity index (χ3n) is 2.11. The fraction of sp³-hybridized carbons (Fsp3) is 0.385. The van der Waals surface area contributed by atoms with Gasteiger partial charge in [-0.05, 0) is 18.6 Å². The zero-order valence-corrected chi connectivity index (χ0v) is 11.5. The number of benzene rings is 1. The fourth-order valence-electron chi connectivity index (χ4n) is 1.28. The molecule has 0 unspecified atom stereocenters. The molecule has 0 aromatic heterocycles. The molecule has 0 saturated carbocycles. The van der Waals surface area contributed by atoms with Crippen LogP contribution >= 0.6 is 0 Å². The Bertz CT molecular complexity index is 561. The van der Waals surface area contributed by atoms with Gasteiger partial charge in [-0.3, -0.25) is 0 Å². The van der Waals surface area contributed by atoms with Crippen molar-refractivity contribution in [1.29, 1.82) is 0 Å². The molecule has 6 heteroatoms. The van der Waals surface area contributed by atoms with Crippen LogP contribution in [-0.4, -0.2) is 27.3 Å². The highest BCUT2D eigenvalue weighted by Crippen LogP contribution is 2.14. The summed E-state index contributed by atoms with van der Waals surface area (Å²) in [6.45, 7) is 1.83. The Morgan fingerprint density at radius 2 is 2.05 bits per heavy atom. The van der Waals surface area contributed by atoms with Gasteiger partial charge in [-0.15, -0.1) is 0 Å². The maximum Gasteiger partial charge on any atom is 0.212 e. The first-order valence-electron chi connectivity index (χ1n) is 5.85. The lowest BCUT2D eigenvalue weighted by Gasteiger charge is -2.02. The van der Waals surface area contributed by atoms with Crippen molar-refractivity contribution in [2.45, 2.75) is 13.3 Å². The van der Waals surface area contributed by atoms with Gasteiger partial charge in [-0.1, -0.05) is 30.9 Å². The molecule has 1 N–H and O–H groups in total. The van der Waals surface area contributed by atoms with Crippen LogP contribution in [0.2, 0.25) is 0 Å². The van der Waals surface area contributed by atoms with E-state index in [1.165, 1.54) is 12.1 Å². The first-order valence-corrected chi connectivity index (χ1v) is 7.51. The van der Waals surface area contributed by atoms with Crippen molar-refractivity contribution in [3.8, 4) is 17.6 Å². The normalized spacial score (nSPS) is 10.6. The van der Waals surface area contributed by atoms with E-state index in [0.717, 1.165) is 0 Å². The number of nitrogens with one attached hydrogen (secondary N) is 1. The molecule has 0 atom stereocenters. The molecule has 1 aromatic carbocycles. The maximum absolute atomic E-state index is 13.1. The fourth-order valence-corrected chi connectivity index (χ4v) is 2.25. The molecule has 0 saturated heterocycles. The average Bonchev–Trinajstić information content (AvgIpc) is 2.35. The zero-order chi connectivity index (χ0) is 14.1. The van der Waals surface area contributed by atoms with E-state index in [4.69, 9.17) is 4.74 Å². The largest absolute Gasteiger partial charge is 0.478 e. The van der Waals surface area contributed by atoms with Crippen LogP contribution in [0, 0.1) is 17.7 Å². The van der Waals surface area contributed by atoms with Gasteiger partial charge < -0.3 is 4.74 Å². The molecular formula is C13H16FNO3S. The highest BCUT2D eigenvalue weighted by atomic mass is 32.2. The quantitative estimate of drug-likeness (QED) is 0.807. The molecule has 0 aliphatic rings. The Balaban J connectivity index is 2.32. The topological polar surface area (TPSA) is 55.4 Å². The summed E-state index contributed by atoms with van der Waals surface area (Å²) in [5.41, 5.74) is 0. The van der Waals surface area contributed by atoms with Crippen LogP contribution < -0.4 is 9.46 Å². The molecule has 19 heavy (non-hydrogen) atoms. The Morgan fingerprint density at radius 1 is 1.32 bits per heavy atom. The summed E-state index contributed by atoms with van der Waals surface area (Å²) in [5, 5.41) is 0. The lowest BCUT2D eigenvalue weighted by Crippen LogP contribution is -2.26. The Kier molecular flexibility index (Phi) is 6.33. The van der Waals surface area contributed by atoms with Crippen LogP contribution in [0.25, 0.3) is 0 Å². The van der Waals surface area contributed by atoms with Crippen molar-refractivity contribution >= 4 is 10.0 Å². The molecule has 0 fully saturated rings. The minimum Gasteiger partial charge on any atom is -0.478 e. The Morgan fingerprint density at radius 3 is 2.74 bits per heavy atom. The van der Waals surface area contributed by atoms with Gasteiger partial charge in [0, 0.05) is 0 Å². The van der Waals surface area contributed by atoms with E-state index in [9.17, 15) is 12.8 Å². The average molecular weight is 285 g/mol. The van der Waals surface area contributed by atoms with Crippen molar-refractivity contribution < 1.29 is 17.5 Å². The monoisotopic (exact) mass is 285 g/mol. The van der Waals surface area contributed by atoms with Crippen molar-refractivity contribution in [1.82, 2.24) is 4.72 Å². The van der Waals surface area contributed by atoms with Gasteiger partial charge in [-0.25, -0.2) is 17.5 Å². The summed E-state index contributed by atoms with van der Waals surface area (Å²) in [6, 6.07) is 6.02. The smallest absolute Gasteiger partial charge is 0.212 e. The molecule has 0 heterocycles. The van der Waals surface area contributed by atoms with Gasteiger partial charge in [0.1, 0.15) is 6.61 Å². The highest BCUT2D eigenvalue weighted by Gasteiger charge is 2.05. The minimum atomic E-state index is -3.23. The molecule has 0 spiro atoms. The summed E-state index contributed by atoms with van der Waals surface area (Å²) in [4.78, 5) is 0. The van der Waals surface area contributed by atoms with Gasteiger partial charge in [0.05, 0.1) is 12.3 Å².